The zero-order valence-corrected chi connectivity index (χ0v) is 13.7. The molecule has 120 valence electrons. The minimum absolute atomic E-state index is 0.0653. The number of hydrogen-bond acceptors (Lipinski definition) is 3. The van der Waals surface area contributed by atoms with E-state index < -0.39 is 0 Å². The number of anilines is 1. The fraction of sp³-hybridized carbons (Fsp3) is 0.350. The van der Waals surface area contributed by atoms with E-state index in [-0.39, 0.29) is 17.7 Å². The zero-order valence-electron chi connectivity index (χ0n) is 13.7. The molecule has 2 unspecified atom stereocenters. The van der Waals surface area contributed by atoms with Gasteiger partial charge in [0.05, 0.1) is 25.2 Å². The number of aryl methyl sites for hydroxylation is 2. The third-order valence-electron chi connectivity index (χ3n) is 4.47. The highest BCUT2D eigenvalue weighted by atomic mass is 16.5. The van der Waals surface area contributed by atoms with E-state index in [1.54, 1.807) is 0 Å². The molecule has 1 fully saturated rings. The molecule has 2 atom stereocenters. The van der Waals surface area contributed by atoms with Crippen LogP contribution in [0.25, 0.3) is 0 Å². The van der Waals surface area contributed by atoms with Crippen LogP contribution in [0.3, 0.4) is 0 Å². The number of carbonyl (C=O) groups is 1. The van der Waals surface area contributed by atoms with Crippen molar-refractivity contribution >= 4 is 11.5 Å². The SMILES string of the molecule is Cc1ccc(C)c(NC(c2ccccc2)C2COCCC2=O)c1. The first kappa shape index (κ1) is 15.8. The van der Waals surface area contributed by atoms with E-state index in [4.69, 9.17) is 4.74 Å². The molecule has 1 heterocycles. The second-order valence-electron chi connectivity index (χ2n) is 6.25. The minimum atomic E-state index is -0.147. The summed E-state index contributed by atoms with van der Waals surface area (Å²) >= 11 is 0. The van der Waals surface area contributed by atoms with E-state index in [9.17, 15) is 4.79 Å². The smallest absolute Gasteiger partial charge is 0.142 e. The molecule has 0 aliphatic carbocycles. The number of hydrogen-bond donors (Lipinski definition) is 1. The molecule has 0 aromatic heterocycles. The minimum Gasteiger partial charge on any atom is -0.380 e. The van der Waals surface area contributed by atoms with Gasteiger partial charge in [-0.1, -0.05) is 42.5 Å². The predicted molar refractivity (Wildman–Crippen MR) is 92.7 cm³/mol. The number of Topliss-reactive ketones (excluding diaryl/α,β-unsaturated/α-hetero) is 1. The molecular weight excluding hydrogens is 286 g/mol. The van der Waals surface area contributed by atoms with Crippen molar-refractivity contribution in [3.05, 3.63) is 65.2 Å². The van der Waals surface area contributed by atoms with Gasteiger partial charge in [-0.25, -0.2) is 0 Å². The van der Waals surface area contributed by atoms with Gasteiger partial charge in [0.1, 0.15) is 5.78 Å². The number of rotatable bonds is 4. The number of benzene rings is 2. The quantitative estimate of drug-likeness (QED) is 0.925. The molecule has 3 rings (SSSR count). The van der Waals surface area contributed by atoms with Gasteiger partial charge in [-0.05, 0) is 36.6 Å². The van der Waals surface area contributed by atoms with Gasteiger partial charge in [0.15, 0.2) is 0 Å². The second-order valence-corrected chi connectivity index (χ2v) is 6.25. The van der Waals surface area contributed by atoms with E-state index in [2.05, 4.69) is 49.5 Å². The van der Waals surface area contributed by atoms with Crippen molar-refractivity contribution in [2.75, 3.05) is 18.5 Å². The number of ketones is 1. The molecule has 2 aromatic rings. The van der Waals surface area contributed by atoms with Crippen molar-refractivity contribution in [1.29, 1.82) is 0 Å². The van der Waals surface area contributed by atoms with Gasteiger partial charge in [-0.3, -0.25) is 4.79 Å². The highest BCUT2D eigenvalue weighted by molar-refractivity contribution is 5.83. The summed E-state index contributed by atoms with van der Waals surface area (Å²) in [5.41, 5.74) is 4.59. The number of nitrogens with one attached hydrogen (secondary N) is 1. The van der Waals surface area contributed by atoms with E-state index in [1.807, 2.05) is 18.2 Å². The molecule has 0 spiro atoms. The van der Waals surface area contributed by atoms with Gasteiger partial charge in [0.25, 0.3) is 0 Å². The topological polar surface area (TPSA) is 38.3 Å². The summed E-state index contributed by atoms with van der Waals surface area (Å²) < 4.78 is 5.59. The molecule has 1 aliphatic rings. The molecule has 0 radical (unpaired) electrons. The molecule has 1 N–H and O–H groups in total. The summed E-state index contributed by atoms with van der Waals surface area (Å²) in [6.07, 6.45) is 0.502. The first-order valence-corrected chi connectivity index (χ1v) is 8.14. The largest absolute Gasteiger partial charge is 0.380 e. The molecule has 23 heavy (non-hydrogen) atoms. The van der Waals surface area contributed by atoms with Crippen LogP contribution in [0.5, 0.6) is 0 Å². The van der Waals surface area contributed by atoms with Crippen LogP contribution in [0, 0.1) is 19.8 Å². The van der Waals surface area contributed by atoms with Crippen LogP contribution in [0.2, 0.25) is 0 Å². The van der Waals surface area contributed by atoms with Crippen molar-refractivity contribution < 1.29 is 9.53 Å². The Morgan fingerprint density at radius 2 is 1.91 bits per heavy atom. The lowest BCUT2D eigenvalue weighted by Gasteiger charge is -2.31. The van der Waals surface area contributed by atoms with E-state index in [0.717, 1.165) is 11.3 Å². The monoisotopic (exact) mass is 309 g/mol. The Hall–Kier alpha value is -2.13. The summed E-state index contributed by atoms with van der Waals surface area (Å²) in [5.74, 6) is 0.133. The standard InChI is InChI=1S/C20H23NO2/c1-14-8-9-15(2)18(12-14)21-20(16-6-4-3-5-7-16)17-13-23-11-10-19(17)22/h3-9,12,17,20-21H,10-11,13H2,1-2H3. The van der Waals surface area contributed by atoms with Crippen LogP contribution in [-0.4, -0.2) is 19.0 Å². The summed E-state index contributed by atoms with van der Waals surface area (Å²) in [6, 6.07) is 16.5. The predicted octanol–water partition coefficient (Wildman–Crippen LogP) is 4.06. The molecule has 0 bridgehead atoms. The average molecular weight is 309 g/mol. The Morgan fingerprint density at radius 3 is 2.65 bits per heavy atom. The van der Waals surface area contributed by atoms with E-state index in [1.165, 1.54) is 11.1 Å². The summed E-state index contributed by atoms with van der Waals surface area (Å²) in [7, 11) is 0. The van der Waals surface area contributed by atoms with Crippen LogP contribution in [0.4, 0.5) is 5.69 Å². The van der Waals surface area contributed by atoms with Crippen molar-refractivity contribution in [2.24, 2.45) is 5.92 Å². The van der Waals surface area contributed by atoms with Crippen LogP contribution in [-0.2, 0) is 9.53 Å². The number of ether oxygens (including phenoxy) is 1. The van der Waals surface area contributed by atoms with Gasteiger partial charge >= 0.3 is 0 Å². The zero-order chi connectivity index (χ0) is 16.2. The van der Waals surface area contributed by atoms with Crippen molar-refractivity contribution in [2.45, 2.75) is 26.3 Å². The molecule has 3 heteroatoms. The van der Waals surface area contributed by atoms with Crippen LogP contribution in [0.1, 0.15) is 29.2 Å². The molecular formula is C20H23NO2. The lowest BCUT2D eigenvalue weighted by atomic mass is 9.87. The van der Waals surface area contributed by atoms with Crippen LogP contribution < -0.4 is 5.32 Å². The fourth-order valence-electron chi connectivity index (χ4n) is 3.08. The van der Waals surface area contributed by atoms with E-state index >= 15 is 0 Å². The Kier molecular flexibility index (Phi) is 4.77. The van der Waals surface area contributed by atoms with Crippen molar-refractivity contribution in [3.8, 4) is 0 Å². The average Bonchev–Trinajstić information content (AvgIpc) is 2.57. The van der Waals surface area contributed by atoms with Gasteiger partial charge in [-0.2, -0.15) is 0 Å². The third-order valence-corrected chi connectivity index (χ3v) is 4.47. The summed E-state index contributed by atoms with van der Waals surface area (Å²) in [6.45, 7) is 5.19. The molecule has 2 aromatic carbocycles. The maximum atomic E-state index is 12.4. The molecule has 1 aliphatic heterocycles. The number of carbonyl (C=O) groups excluding carboxylic acids is 1. The maximum Gasteiger partial charge on any atom is 0.142 e. The Bertz CT molecular complexity index is 681. The first-order chi connectivity index (χ1) is 11.1. The third kappa shape index (κ3) is 3.62. The highest BCUT2D eigenvalue weighted by Gasteiger charge is 2.32. The maximum absolute atomic E-state index is 12.4. The molecule has 0 amide bonds. The first-order valence-electron chi connectivity index (χ1n) is 8.14. The van der Waals surface area contributed by atoms with Crippen molar-refractivity contribution in [3.63, 3.8) is 0 Å². The lowest BCUT2D eigenvalue weighted by Crippen LogP contribution is -2.35. The molecule has 1 saturated heterocycles. The van der Waals surface area contributed by atoms with Gasteiger partial charge in [0.2, 0.25) is 0 Å². The molecule has 0 saturated carbocycles. The normalized spacial score (nSPS) is 19.4. The second kappa shape index (κ2) is 6.97. The Labute approximate surface area is 137 Å². The van der Waals surface area contributed by atoms with Crippen LogP contribution >= 0.6 is 0 Å². The summed E-state index contributed by atoms with van der Waals surface area (Å²) in [5, 5.41) is 3.60. The fourth-order valence-corrected chi connectivity index (χ4v) is 3.08. The van der Waals surface area contributed by atoms with Crippen molar-refractivity contribution in [1.82, 2.24) is 0 Å². The van der Waals surface area contributed by atoms with Gasteiger partial charge < -0.3 is 10.1 Å². The lowest BCUT2D eigenvalue weighted by molar-refractivity contribution is -0.131. The highest BCUT2D eigenvalue weighted by Crippen LogP contribution is 2.31. The van der Waals surface area contributed by atoms with Crippen LogP contribution in [0.15, 0.2) is 48.5 Å². The molecule has 3 nitrogen and oxygen atoms in total. The van der Waals surface area contributed by atoms with Gasteiger partial charge in [0, 0.05) is 12.1 Å². The van der Waals surface area contributed by atoms with Gasteiger partial charge in [-0.15, -0.1) is 0 Å². The van der Waals surface area contributed by atoms with E-state index in [0.29, 0.717) is 19.6 Å². The Morgan fingerprint density at radius 1 is 1.13 bits per heavy atom. The Balaban J connectivity index is 1.95. The summed E-state index contributed by atoms with van der Waals surface area (Å²) in [4.78, 5) is 12.4.